The highest BCUT2D eigenvalue weighted by atomic mass is 16.5. The fourth-order valence-electron chi connectivity index (χ4n) is 8.94. The summed E-state index contributed by atoms with van der Waals surface area (Å²) in [6, 6.07) is 9.93. The predicted molar refractivity (Wildman–Crippen MR) is 128 cm³/mol. The average Bonchev–Trinajstić information content (AvgIpc) is 2.75. The molecule has 6 atom stereocenters. The van der Waals surface area contributed by atoms with Gasteiger partial charge in [0.1, 0.15) is 0 Å². The largest absolute Gasteiger partial charge is 0.462 e. The second-order valence-corrected chi connectivity index (χ2v) is 12.4. The van der Waals surface area contributed by atoms with E-state index in [0.29, 0.717) is 24.4 Å². The van der Waals surface area contributed by atoms with Gasteiger partial charge in [0, 0.05) is 11.5 Å². The first-order valence-corrected chi connectivity index (χ1v) is 12.8. The lowest BCUT2D eigenvalue weighted by molar-refractivity contribution is -0.246. The summed E-state index contributed by atoms with van der Waals surface area (Å²) in [5.74, 6) is 1.33. The summed E-state index contributed by atoms with van der Waals surface area (Å²) in [5, 5.41) is 11.2. The molecule has 0 saturated heterocycles. The Morgan fingerprint density at radius 3 is 2.56 bits per heavy atom. The molecule has 5 aliphatic carbocycles. The third kappa shape index (κ3) is 3.56. The van der Waals surface area contributed by atoms with Crippen molar-refractivity contribution >= 4 is 12.0 Å². The molecule has 0 heterocycles. The first kappa shape index (κ1) is 22.2. The number of hydrogen-bond donors (Lipinski definition) is 1. The summed E-state index contributed by atoms with van der Waals surface area (Å²) in [6.45, 7) is 7.50. The van der Waals surface area contributed by atoms with Gasteiger partial charge in [-0.05, 0) is 98.5 Å². The third-order valence-corrected chi connectivity index (χ3v) is 10.3. The summed E-state index contributed by atoms with van der Waals surface area (Å²) in [6.07, 6.45) is 14.0. The second-order valence-electron chi connectivity index (χ2n) is 12.4. The second kappa shape index (κ2) is 7.72. The van der Waals surface area contributed by atoms with Gasteiger partial charge >= 0.3 is 5.97 Å². The van der Waals surface area contributed by atoms with E-state index in [1.165, 1.54) is 32.1 Å². The van der Waals surface area contributed by atoms with Crippen LogP contribution in [0.1, 0.15) is 84.1 Å². The van der Waals surface area contributed by atoms with Gasteiger partial charge in [0.25, 0.3) is 0 Å². The Labute approximate surface area is 193 Å². The molecule has 1 aromatic rings. The van der Waals surface area contributed by atoms with Crippen LogP contribution in [0, 0.1) is 34.0 Å². The number of rotatable bonds is 4. The minimum Gasteiger partial charge on any atom is -0.462 e. The zero-order valence-electron chi connectivity index (χ0n) is 20.1. The summed E-state index contributed by atoms with van der Waals surface area (Å²) in [7, 11) is 0. The summed E-state index contributed by atoms with van der Waals surface area (Å²) in [4.78, 5) is 12.8. The van der Waals surface area contributed by atoms with E-state index in [1.54, 1.807) is 6.08 Å². The maximum atomic E-state index is 12.8. The minimum absolute atomic E-state index is 0.0609. The Morgan fingerprint density at radius 2 is 1.81 bits per heavy atom. The number of ether oxygens (including phenoxy) is 1. The standard InChI is InChI=1S/C29H40O3/c1-26(2)14-7-15-29(20-32-25(30)11-10-21-8-5-4-6-9-21)23(26)13-17-28-16-12-22(18-24(28)29)27(3,31)19-28/h4-6,8-11,22-24,31H,7,12-20H2,1-3H3/b11-10+/t22?,23-,24-,27-,28-,29+/m1/s1. The molecule has 1 N–H and O–H groups in total. The first-order valence-electron chi connectivity index (χ1n) is 12.8. The molecule has 5 fully saturated rings. The van der Waals surface area contributed by atoms with Crippen molar-refractivity contribution in [3.8, 4) is 0 Å². The highest BCUT2D eigenvalue weighted by Gasteiger charge is 2.67. The van der Waals surface area contributed by atoms with Gasteiger partial charge in [-0.3, -0.25) is 0 Å². The van der Waals surface area contributed by atoms with E-state index in [-0.39, 0.29) is 22.2 Å². The number of carbonyl (C=O) groups excluding carboxylic acids is 1. The van der Waals surface area contributed by atoms with Gasteiger partial charge in [-0.15, -0.1) is 0 Å². The van der Waals surface area contributed by atoms with Gasteiger partial charge in [0.2, 0.25) is 0 Å². The van der Waals surface area contributed by atoms with Crippen molar-refractivity contribution in [2.75, 3.05) is 6.61 Å². The smallest absolute Gasteiger partial charge is 0.330 e. The van der Waals surface area contributed by atoms with Gasteiger partial charge in [-0.2, -0.15) is 0 Å². The molecule has 1 aromatic carbocycles. The van der Waals surface area contributed by atoms with Crippen LogP contribution in [0.4, 0.5) is 0 Å². The van der Waals surface area contributed by atoms with E-state index in [2.05, 4.69) is 20.8 Å². The zero-order valence-corrected chi connectivity index (χ0v) is 20.1. The van der Waals surface area contributed by atoms with Crippen molar-refractivity contribution < 1.29 is 14.6 Å². The van der Waals surface area contributed by atoms with Crippen LogP contribution < -0.4 is 0 Å². The number of esters is 1. The Kier molecular flexibility index (Phi) is 5.36. The highest BCUT2D eigenvalue weighted by Crippen LogP contribution is 2.72. The summed E-state index contributed by atoms with van der Waals surface area (Å²) in [5.41, 5.74) is 1.07. The summed E-state index contributed by atoms with van der Waals surface area (Å²) < 4.78 is 6.07. The Bertz CT molecular complexity index is 885. The molecule has 0 amide bonds. The van der Waals surface area contributed by atoms with Crippen molar-refractivity contribution in [3.63, 3.8) is 0 Å². The van der Waals surface area contributed by atoms with Gasteiger partial charge in [0.05, 0.1) is 12.2 Å². The van der Waals surface area contributed by atoms with Gasteiger partial charge in [-0.1, -0.05) is 50.6 Å². The quantitative estimate of drug-likeness (QED) is 0.438. The Morgan fingerprint density at radius 1 is 1.06 bits per heavy atom. The predicted octanol–water partition coefficient (Wildman–Crippen LogP) is 6.41. The highest BCUT2D eigenvalue weighted by molar-refractivity contribution is 5.87. The van der Waals surface area contributed by atoms with Crippen LogP contribution in [0.2, 0.25) is 0 Å². The molecule has 0 aliphatic heterocycles. The van der Waals surface area contributed by atoms with E-state index in [1.807, 2.05) is 36.4 Å². The van der Waals surface area contributed by atoms with Gasteiger partial charge in [0.15, 0.2) is 0 Å². The topological polar surface area (TPSA) is 46.5 Å². The third-order valence-electron chi connectivity index (χ3n) is 10.3. The van der Waals surface area contributed by atoms with Crippen LogP contribution in [0.5, 0.6) is 0 Å². The van der Waals surface area contributed by atoms with E-state index in [4.69, 9.17) is 4.74 Å². The molecule has 0 radical (unpaired) electrons. The summed E-state index contributed by atoms with van der Waals surface area (Å²) >= 11 is 0. The molecule has 5 aliphatic rings. The van der Waals surface area contributed by atoms with Crippen LogP contribution in [-0.4, -0.2) is 23.3 Å². The average molecular weight is 437 g/mol. The fourth-order valence-corrected chi connectivity index (χ4v) is 8.94. The zero-order chi connectivity index (χ0) is 22.6. The van der Waals surface area contributed by atoms with Crippen molar-refractivity contribution in [2.24, 2.45) is 34.0 Å². The van der Waals surface area contributed by atoms with Crippen LogP contribution in [-0.2, 0) is 9.53 Å². The number of benzene rings is 1. The van der Waals surface area contributed by atoms with E-state index in [0.717, 1.165) is 31.2 Å². The molecule has 3 heteroatoms. The van der Waals surface area contributed by atoms with E-state index in [9.17, 15) is 9.90 Å². The minimum atomic E-state index is -0.526. The molecular weight excluding hydrogens is 396 g/mol. The molecule has 6 rings (SSSR count). The van der Waals surface area contributed by atoms with Crippen molar-refractivity contribution in [3.05, 3.63) is 42.0 Å². The molecule has 2 bridgehead atoms. The Balaban J connectivity index is 1.41. The maximum Gasteiger partial charge on any atom is 0.330 e. The van der Waals surface area contributed by atoms with E-state index < -0.39 is 5.60 Å². The normalized spacial score (nSPS) is 42.3. The number of carbonyl (C=O) groups is 1. The molecular formula is C29H40O3. The maximum absolute atomic E-state index is 12.8. The molecule has 174 valence electrons. The van der Waals surface area contributed by atoms with Crippen LogP contribution in [0.3, 0.4) is 0 Å². The van der Waals surface area contributed by atoms with Gasteiger partial charge < -0.3 is 9.84 Å². The van der Waals surface area contributed by atoms with Crippen LogP contribution in [0.15, 0.2) is 36.4 Å². The number of fused-ring (bicyclic) bond motifs is 3. The Hall–Kier alpha value is -1.61. The molecule has 1 spiro atoms. The van der Waals surface area contributed by atoms with Crippen molar-refractivity contribution in [2.45, 2.75) is 84.2 Å². The number of aliphatic hydroxyl groups is 1. The molecule has 0 aromatic heterocycles. The number of hydrogen-bond acceptors (Lipinski definition) is 3. The lowest BCUT2D eigenvalue weighted by Gasteiger charge is -2.70. The van der Waals surface area contributed by atoms with Crippen molar-refractivity contribution in [1.82, 2.24) is 0 Å². The molecule has 3 nitrogen and oxygen atoms in total. The molecule has 32 heavy (non-hydrogen) atoms. The van der Waals surface area contributed by atoms with Gasteiger partial charge in [-0.25, -0.2) is 4.79 Å². The fraction of sp³-hybridized carbons (Fsp3) is 0.690. The monoisotopic (exact) mass is 436 g/mol. The lowest BCUT2D eigenvalue weighted by atomic mass is 9.35. The van der Waals surface area contributed by atoms with Crippen LogP contribution in [0.25, 0.3) is 6.08 Å². The lowest BCUT2D eigenvalue weighted by Crippen LogP contribution is -2.66. The first-order chi connectivity index (χ1) is 15.2. The molecule has 1 unspecified atom stereocenters. The molecule has 5 saturated carbocycles. The van der Waals surface area contributed by atoms with Crippen LogP contribution >= 0.6 is 0 Å². The van der Waals surface area contributed by atoms with E-state index >= 15 is 0 Å². The van der Waals surface area contributed by atoms with Crippen molar-refractivity contribution in [1.29, 1.82) is 0 Å². The SMILES string of the molecule is CC1(C)CCC[C@]2(COC(=O)/C=C/c3ccccc3)[C@@H]1CC[C@@]13CCC(C[C@H]12)[C@](C)(O)C3.